The third-order valence-electron chi connectivity index (χ3n) is 3.56. The average Bonchev–Trinajstić information content (AvgIpc) is 2.83. The lowest BCUT2D eigenvalue weighted by Crippen LogP contribution is -2.25. The molecule has 0 aromatic carbocycles. The second-order valence-electron chi connectivity index (χ2n) is 5.13. The topological polar surface area (TPSA) is 46.5 Å². The van der Waals surface area contributed by atoms with Gasteiger partial charge in [0, 0.05) is 11.0 Å². The molecule has 0 bridgehead atoms. The van der Waals surface area contributed by atoms with Crippen molar-refractivity contribution in [2.24, 2.45) is 5.92 Å². The van der Waals surface area contributed by atoms with Gasteiger partial charge < -0.3 is 9.84 Å². The number of hydrogen-bond donors (Lipinski definition) is 1. The van der Waals surface area contributed by atoms with E-state index in [1.807, 2.05) is 11.4 Å². The molecule has 1 N–H and O–H groups in total. The Morgan fingerprint density at radius 3 is 3.05 bits per heavy atom. The molecule has 19 heavy (non-hydrogen) atoms. The number of ether oxygens (including phenoxy) is 1. The third-order valence-corrected chi connectivity index (χ3v) is 4.49. The maximum Gasteiger partial charge on any atom is 0.328 e. The summed E-state index contributed by atoms with van der Waals surface area (Å²) in [6, 6.07) is 2.00. The molecule has 2 atom stereocenters. The van der Waals surface area contributed by atoms with E-state index < -0.39 is 5.97 Å². The second-order valence-corrected chi connectivity index (χ2v) is 6.12. The summed E-state index contributed by atoms with van der Waals surface area (Å²) < 4.78 is 5.99. The van der Waals surface area contributed by atoms with Crippen molar-refractivity contribution in [1.82, 2.24) is 0 Å². The summed E-state index contributed by atoms with van der Waals surface area (Å²) in [6.45, 7) is 2.90. The normalized spacial score (nSPS) is 23.8. The first kappa shape index (κ1) is 14.3. The molecule has 1 aliphatic rings. The van der Waals surface area contributed by atoms with Crippen LogP contribution in [0.15, 0.2) is 17.5 Å². The van der Waals surface area contributed by atoms with Gasteiger partial charge in [-0.05, 0) is 41.8 Å². The van der Waals surface area contributed by atoms with Crippen molar-refractivity contribution in [3.05, 3.63) is 28.0 Å². The first-order valence-electron chi connectivity index (χ1n) is 6.75. The van der Waals surface area contributed by atoms with E-state index in [9.17, 15) is 4.79 Å². The summed E-state index contributed by atoms with van der Waals surface area (Å²) in [4.78, 5) is 11.6. The van der Waals surface area contributed by atoms with Gasteiger partial charge in [0.1, 0.15) is 0 Å². The molecular formula is C15H20O3S. The molecule has 1 aliphatic carbocycles. The molecule has 1 aromatic rings. The maximum atomic E-state index is 10.4. The van der Waals surface area contributed by atoms with Crippen LogP contribution < -0.4 is 0 Å². The van der Waals surface area contributed by atoms with Gasteiger partial charge in [0.15, 0.2) is 0 Å². The van der Waals surface area contributed by atoms with Crippen LogP contribution in [-0.4, -0.2) is 17.2 Å². The zero-order valence-electron chi connectivity index (χ0n) is 11.2. The molecule has 1 saturated carbocycles. The fourth-order valence-corrected chi connectivity index (χ4v) is 3.22. The van der Waals surface area contributed by atoms with E-state index in [1.165, 1.54) is 19.3 Å². The Hall–Kier alpha value is -1.13. The highest BCUT2D eigenvalue weighted by Crippen LogP contribution is 2.28. The van der Waals surface area contributed by atoms with E-state index in [2.05, 4.69) is 6.92 Å². The van der Waals surface area contributed by atoms with Crippen molar-refractivity contribution in [3.8, 4) is 0 Å². The summed E-state index contributed by atoms with van der Waals surface area (Å²) in [5.41, 5.74) is 0.933. The minimum Gasteiger partial charge on any atom is -0.478 e. The van der Waals surface area contributed by atoms with Gasteiger partial charge in [-0.2, -0.15) is 0 Å². The van der Waals surface area contributed by atoms with Crippen LogP contribution in [0.25, 0.3) is 6.08 Å². The van der Waals surface area contributed by atoms with E-state index in [-0.39, 0.29) is 0 Å². The Labute approximate surface area is 117 Å². The molecule has 0 aliphatic heterocycles. The third kappa shape index (κ3) is 4.48. The van der Waals surface area contributed by atoms with Crippen molar-refractivity contribution in [3.63, 3.8) is 0 Å². The Morgan fingerprint density at radius 1 is 1.53 bits per heavy atom. The van der Waals surface area contributed by atoms with Gasteiger partial charge in [-0.1, -0.05) is 19.8 Å². The molecule has 2 unspecified atom stereocenters. The zero-order chi connectivity index (χ0) is 13.7. The van der Waals surface area contributed by atoms with E-state index in [0.717, 1.165) is 22.9 Å². The molecule has 1 aromatic heterocycles. The average molecular weight is 280 g/mol. The Bertz CT molecular complexity index is 450. The van der Waals surface area contributed by atoms with Gasteiger partial charge in [-0.15, -0.1) is 11.3 Å². The van der Waals surface area contributed by atoms with E-state index in [0.29, 0.717) is 18.6 Å². The van der Waals surface area contributed by atoms with Crippen molar-refractivity contribution < 1.29 is 14.6 Å². The van der Waals surface area contributed by atoms with Crippen molar-refractivity contribution in [2.45, 2.75) is 45.3 Å². The Kier molecular flexibility index (Phi) is 5.16. The molecule has 0 amide bonds. The van der Waals surface area contributed by atoms with E-state index in [4.69, 9.17) is 9.84 Å². The lowest BCUT2D eigenvalue weighted by molar-refractivity contribution is -0.131. The maximum absolute atomic E-state index is 10.4. The molecule has 104 valence electrons. The van der Waals surface area contributed by atoms with Gasteiger partial charge in [0.25, 0.3) is 0 Å². The van der Waals surface area contributed by atoms with Crippen LogP contribution in [0.5, 0.6) is 0 Å². The summed E-state index contributed by atoms with van der Waals surface area (Å²) in [5, 5.41) is 10.5. The fraction of sp³-hybridized carbons (Fsp3) is 0.533. The number of rotatable bonds is 5. The second kappa shape index (κ2) is 6.87. The lowest BCUT2D eigenvalue weighted by Gasteiger charge is -2.28. The van der Waals surface area contributed by atoms with Crippen LogP contribution in [0.2, 0.25) is 0 Å². The summed E-state index contributed by atoms with van der Waals surface area (Å²) in [5.74, 6) is -0.264. The van der Waals surface area contributed by atoms with Crippen LogP contribution in [0, 0.1) is 5.92 Å². The number of carboxylic acids is 1. The van der Waals surface area contributed by atoms with Crippen molar-refractivity contribution in [2.75, 3.05) is 0 Å². The van der Waals surface area contributed by atoms with E-state index in [1.54, 1.807) is 17.4 Å². The van der Waals surface area contributed by atoms with Gasteiger partial charge in [-0.3, -0.25) is 0 Å². The fourth-order valence-electron chi connectivity index (χ4n) is 2.45. The van der Waals surface area contributed by atoms with Crippen LogP contribution in [0.4, 0.5) is 0 Å². The smallest absolute Gasteiger partial charge is 0.328 e. The first-order chi connectivity index (χ1) is 9.15. The molecular weight excluding hydrogens is 260 g/mol. The zero-order valence-corrected chi connectivity index (χ0v) is 12.0. The lowest BCUT2D eigenvalue weighted by atomic mass is 9.88. The van der Waals surface area contributed by atoms with Gasteiger partial charge >= 0.3 is 5.97 Å². The number of carbonyl (C=O) groups is 1. The number of thiophene rings is 1. The highest BCUT2D eigenvalue weighted by Gasteiger charge is 2.21. The molecule has 3 nitrogen and oxygen atoms in total. The molecule has 1 heterocycles. The SMILES string of the molecule is CC1CCCCC1OCc1cc(C=CC(=O)O)cs1. The molecule has 4 heteroatoms. The largest absolute Gasteiger partial charge is 0.478 e. The first-order valence-corrected chi connectivity index (χ1v) is 7.63. The van der Waals surface area contributed by atoms with Gasteiger partial charge in [0.05, 0.1) is 12.7 Å². The number of aliphatic carboxylic acids is 1. The number of carboxylic acid groups (broad SMARTS) is 1. The highest BCUT2D eigenvalue weighted by atomic mass is 32.1. The van der Waals surface area contributed by atoms with Crippen LogP contribution in [-0.2, 0) is 16.1 Å². The Balaban J connectivity index is 1.84. The molecule has 0 spiro atoms. The van der Waals surface area contributed by atoms with E-state index >= 15 is 0 Å². The van der Waals surface area contributed by atoms with Crippen LogP contribution >= 0.6 is 11.3 Å². The predicted molar refractivity (Wildman–Crippen MR) is 77.2 cm³/mol. The van der Waals surface area contributed by atoms with Crippen LogP contribution in [0.3, 0.4) is 0 Å². The number of hydrogen-bond acceptors (Lipinski definition) is 3. The minimum atomic E-state index is -0.917. The predicted octanol–water partition coefficient (Wildman–Crippen LogP) is 3.94. The quantitative estimate of drug-likeness (QED) is 0.831. The monoisotopic (exact) mass is 280 g/mol. The van der Waals surface area contributed by atoms with Gasteiger partial charge in [-0.25, -0.2) is 4.79 Å². The minimum absolute atomic E-state index is 0.383. The Morgan fingerprint density at radius 2 is 2.32 bits per heavy atom. The standard InChI is InChI=1S/C15H20O3S/c1-11-4-2-3-5-14(11)18-9-13-8-12(10-19-13)6-7-15(16)17/h6-8,10-11,14H,2-5,9H2,1H3,(H,16,17). The van der Waals surface area contributed by atoms with Crippen LogP contribution in [0.1, 0.15) is 43.0 Å². The molecule has 0 saturated heterocycles. The summed E-state index contributed by atoms with van der Waals surface area (Å²) in [7, 11) is 0. The van der Waals surface area contributed by atoms with Gasteiger partial charge in [0.2, 0.25) is 0 Å². The molecule has 0 radical (unpaired) electrons. The molecule has 1 fully saturated rings. The molecule has 2 rings (SSSR count). The summed E-state index contributed by atoms with van der Waals surface area (Å²) >= 11 is 1.62. The summed E-state index contributed by atoms with van der Waals surface area (Å²) in [6.07, 6.45) is 8.19. The highest BCUT2D eigenvalue weighted by molar-refractivity contribution is 7.10. The van der Waals surface area contributed by atoms with Crippen molar-refractivity contribution in [1.29, 1.82) is 0 Å². The van der Waals surface area contributed by atoms with Crippen molar-refractivity contribution >= 4 is 23.4 Å².